The number of piperidine rings is 1. The van der Waals surface area contributed by atoms with E-state index in [-0.39, 0.29) is 16.7 Å². The fraction of sp³-hybridized carbons (Fsp3) is 0.350. The number of nitrogens with one attached hydrogen (secondary N) is 1. The molecule has 29 heavy (non-hydrogen) atoms. The highest BCUT2D eigenvalue weighted by molar-refractivity contribution is 7.89. The number of pyridine rings is 2. The number of amides is 1. The second-order valence-electron chi connectivity index (χ2n) is 7.11. The van der Waals surface area contributed by atoms with E-state index in [0.29, 0.717) is 38.9 Å². The Kier molecular flexibility index (Phi) is 5.59. The summed E-state index contributed by atoms with van der Waals surface area (Å²) in [4.78, 5) is 21.1. The summed E-state index contributed by atoms with van der Waals surface area (Å²) in [6, 6.07) is 8.97. The van der Waals surface area contributed by atoms with Crippen molar-refractivity contribution in [3.63, 3.8) is 0 Å². The van der Waals surface area contributed by atoms with Gasteiger partial charge in [0.25, 0.3) is 0 Å². The molecule has 0 saturated carbocycles. The molecule has 0 spiro atoms. The first-order chi connectivity index (χ1) is 14.0. The highest BCUT2D eigenvalue weighted by atomic mass is 32.2. The molecule has 1 aliphatic rings. The standard InChI is InChI=1S/C20H23N5O3S/c26-20(22-10-6-17-15-24-11-2-1-5-19(24)23-17)16-7-12-25(13-8-16)29(27,28)18-4-3-9-21-14-18/h1-5,9,11,14-16H,6-8,10,12-13H2,(H,22,26). The molecule has 4 rings (SSSR count). The Morgan fingerprint density at radius 3 is 2.72 bits per heavy atom. The van der Waals surface area contributed by atoms with Gasteiger partial charge in [0.15, 0.2) is 0 Å². The van der Waals surface area contributed by atoms with Crippen LogP contribution in [-0.2, 0) is 21.2 Å². The summed E-state index contributed by atoms with van der Waals surface area (Å²) in [7, 11) is -3.55. The first kappa shape index (κ1) is 19.5. The number of fused-ring (bicyclic) bond motifs is 1. The van der Waals surface area contributed by atoms with Crippen LogP contribution in [-0.4, -0.2) is 52.6 Å². The van der Waals surface area contributed by atoms with Crippen molar-refractivity contribution in [2.45, 2.75) is 24.2 Å². The average molecular weight is 414 g/mol. The molecule has 1 fully saturated rings. The number of nitrogens with zero attached hydrogens (tertiary/aromatic N) is 4. The van der Waals surface area contributed by atoms with Crippen LogP contribution in [0.5, 0.6) is 0 Å². The van der Waals surface area contributed by atoms with Gasteiger partial charge in [-0.2, -0.15) is 4.31 Å². The van der Waals surface area contributed by atoms with E-state index in [1.54, 1.807) is 18.3 Å². The Hall–Kier alpha value is -2.78. The molecular formula is C20H23N5O3S. The predicted molar refractivity (Wildman–Crippen MR) is 108 cm³/mol. The van der Waals surface area contributed by atoms with Crippen molar-refractivity contribution in [3.05, 3.63) is 60.8 Å². The van der Waals surface area contributed by atoms with Crippen molar-refractivity contribution in [2.75, 3.05) is 19.6 Å². The van der Waals surface area contributed by atoms with E-state index in [4.69, 9.17) is 0 Å². The molecule has 1 N–H and O–H groups in total. The molecule has 0 atom stereocenters. The second kappa shape index (κ2) is 8.30. The van der Waals surface area contributed by atoms with E-state index in [1.807, 2.05) is 35.0 Å². The summed E-state index contributed by atoms with van der Waals surface area (Å²) in [5.74, 6) is -0.191. The molecule has 1 amide bonds. The molecule has 9 heteroatoms. The van der Waals surface area contributed by atoms with Crippen molar-refractivity contribution in [2.24, 2.45) is 5.92 Å². The van der Waals surface area contributed by atoms with E-state index in [0.717, 1.165) is 11.3 Å². The lowest BCUT2D eigenvalue weighted by Crippen LogP contribution is -2.43. The van der Waals surface area contributed by atoms with Gasteiger partial charge >= 0.3 is 0 Å². The summed E-state index contributed by atoms with van der Waals surface area (Å²) in [5.41, 5.74) is 1.81. The summed E-state index contributed by atoms with van der Waals surface area (Å²) in [6.07, 6.45) is 8.48. The third kappa shape index (κ3) is 4.30. The molecule has 4 heterocycles. The van der Waals surface area contributed by atoms with Crippen LogP contribution in [0.1, 0.15) is 18.5 Å². The molecule has 0 aromatic carbocycles. The molecule has 8 nitrogen and oxygen atoms in total. The van der Waals surface area contributed by atoms with Crippen LogP contribution in [0.25, 0.3) is 5.65 Å². The van der Waals surface area contributed by atoms with Gasteiger partial charge in [0, 0.05) is 56.8 Å². The molecule has 3 aromatic heterocycles. The van der Waals surface area contributed by atoms with E-state index in [9.17, 15) is 13.2 Å². The van der Waals surface area contributed by atoms with Gasteiger partial charge in [0.05, 0.1) is 5.69 Å². The van der Waals surface area contributed by atoms with Crippen LogP contribution in [0.4, 0.5) is 0 Å². The van der Waals surface area contributed by atoms with Gasteiger partial charge in [0.2, 0.25) is 15.9 Å². The molecule has 0 radical (unpaired) electrons. The molecule has 1 saturated heterocycles. The molecule has 152 valence electrons. The number of imidazole rings is 1. The summed E-state index contributed by atoms with van der Waals surface area (Å²) in [5, 5.41) is 2.96. The summed E-state index contributed by atoms with van der Waals surface area (Å²) in [6.45, 7) is 1.18. The zero-order valence-electron chi connectivity index (χ0n) is 15.9. The zero-order chi connectivity index (χ0) is 20.3. The molecule has 1 aliphatic heterocycles. The highest BCUT2D eigenvalue weighted by Crippen LogP contribution is 2.23. The lowest BCUT2D eigenvalue weighted by atomic mass is 9.97. The highest BCUT2D eigenvalue weighted by Gasteiger charge is 2.32. The smallest absolute Gasteiger partial charge is 0.244 e. The van der Waals surface area contributed by atoms with Gasteiger partial charge in [-0.3, -0.25) is 9.78 Å². The number of aromatic nitrogens is 3. The van der Waals surface area contributed by atoms with Crippen molar-refractivity contribution in [1.82, 2.24) is 24.0 Å². The maximum atomic E-state index is 12.6. The van der Waals surface area contributed by atoms with E-state index in [1.165, 1.54) is 10.5 Å². The molecule has 3 aromatic rings. The maximum absolute atomic E-state index is 12.6. The molecule has 0 unspecified atom stereocenters. The third-order valence-corrected chi connectivity index (χ3v) is 7.07. The topological polar surface area (TPSA) is 96.7 Å². The number of carbonyl (C=O) groups is 1. The minimum Gasteiger partial charge on any atom is -0.355 e. The van der Waals surface area contributed by atoms with Crippen LogP contribution < -0.4 is 5.32 Å². The monoisotopic (exact) mass is 413 g/mol. The summed E-state index contributed by atoms with van der Waals surface area (Å²) < 4.78 is 28.7. The van der Waals surface area contributed by atoms with E-state index in [2.05, 4.69) is 15.3 Å². The Morgan fingerprint density at radius 1 is 1.17 bits per heavy atom. The SMILES string of the molecule is O=C(NCCc1cn2ccccc2n1)C1CCN(S(=O)(=O)c2cccnc2)CC1. The molecular weight excluding hydrogens is 390 g/mol. The molecule has 0 bridgehead atoms. The fourth-order valence-electron chi connectivity index (χ4n) is 3.57. The van der Waals surface area contributed by atoms with Gasteiger partial charge in [-0.15, -0.1) is 0 Å². The molecule has 0 aliphatic carbocycles. The van der Waals surface area contributed by atoms with Crippen LogP contribution in [0.2, 0.25) is 0 Å². The van der Waals surface area contributed by atoms with Crippen molar-refractivity contribution in [3.8, 4) is 0 Å². The Bertz CT molecular complexity index is 1060. The number of rotatable bonds is 6. The first-order valence-corrected chi connectivity index (χ1v) is 11.1. The predicted octanol–water partition coefficient (Wildman–Crippen LogP) is 1.49. The van der Waals surface area contributed by atoms with Crippen LogP contribution in [0, 0.1) is 5.92 Å². The van der Waals surface area contributed by atoms with Crippen LogP contribution >= 0.6 is 0 Å². The minimum absolute atomic E-state index is 0.0211. The van der Waals surface area contributed by atoms with E-state index < -0.39 is 10.0 Å². The Labute approximate surface area is 169 Å². The average Bonchev–Trinajstić information content (AvgIpc) is 3.17. The van der Waals surface area contributed by atoms with E-state index >= 15 is 0 Å². The van der Waals surface area contributed by atoms with Crippen molar-refractivity contribution >= 4 is 21.6 Å². The van der Waals surface area contributed by atoms with Crippen LogP contribution in [0.15, 0.2) is 60.0 Å². The number of hydrogen-bond donors (Lipinski definition) is 1. The lowest BCUT2D eigenvalue weighted by Gasteiger charge is -2.30. The number of sulfonamides is 1. The summed E-state index contributed by atoms with van der Waals surface area (Å²) >= 11 is 0. The minimum atomic E-state index is -3.55. The Balaban J connectivity index is 1.27. The number of hydrogen-bond acceptors (Lipinski definition) is 5. The van der Waals surface area contributed by atoms with Crippen molar-refractivity contribution in [1.29, 1.82) is 0 Å². The second-order valence-corrected chi connectivity index (χ2v) is 9.04. The van der Waals surface area contributed by atoms with Gasteiger partial charge in [-0.05, 0) is 37.1 Å². The fourth-order valence-corrected chi connectivity index (χ4v) is 5.01. The Morgan fingerprint density at radius 2 is 2.00 bits per heavy atom. The third-order valence-electron chi connectivity index (χ3n) is 5.19. The van der Waals surface area contributed by atoms with Crippen molar-refractivity contribution < 1.29 is 13.2 Å². The van der Waals surface area contributed by atoms with Gasteiger partial charge in [-0.1, -0.05) is 6.07 Å². The van der Waals surface area contributed by atoms with Gasteiger partial charge in [0.1, 0.15) is 10.5 Å². The van der Waals surface area contributed by atoms with Crippen LogP contribution in [0.3, 0.4) is 0 Å². The quantitative estimate of drug-likeness (QED) is 0.660. The first-order valence-electron chi connectivity index (χ1n) is 9.64. The maximum Gasteiger partial charge on any atom is 0.244 e. The normalized spacial score (nSPS) is 16.1. The number of carbonyl (C=O) groups excluding carboxylic acids is 1. The van der Waals surface area contributed by atoms with Gasteiger partial charge in [-0.25, -0.2) is 13.4 Å². The lowest BCUT2D eigenvalue weighted by molar-refractivity contribution is -0.126. The zero-order valence-corrected chi connectivity index (χ0v) is 16.8. The largest absolute Gasteiger partial charge is 0.355 e. The van der Waals surface area contributed by atoms with Gasteiger partial charge < -0.3 is 9.72 Å².